The quantitative estimate of drug-likeness (QED) is 0.0678. The molecule has 6 heterocycles. The van der Waals surface area contributed by atoms with Crippen LogP contribution >= 0.6 is 0 Å². The van der Waals surface area contributed by atoms with Crippen LogP contribution in [0.3, 0.4) is 0 Å². The van der Waals surface area contributed by atoms with E-state index in [1.165, 1.54) is 25.3 Å². The predicted molar refractivity (Wildman–Crippen MR) is 171 cm³/mol. The highest BCUT2D eigenvalue weighted by Crippen LogP contribution is 2.33. The summed E-state index contributed by atoms with van der Waals surface area (Å²) in [6, 6.07) is 0. The molecule has 0 bridgehead atoms. The lowest BCUT2D eigenvalue weighted by Gasteiger charge is -2.16. The van der Waals surface area contributed by atoms with Crippen molar-refractivity contribution in [1.29, 1.82) is 0 Å². The van der Waals surface area contributed by atoms with Crippen LogP contribution < -0.4 is 10.6 Å². The summed E-state index contributed by atoms with van der Waals surface area (Å²) in [5, 5.41) is 66.4. The van der Waals surface area contributed by atoms with Gasteiger partial charge in [0.1, 0.15) is 49.3 Å². The minimum Gasteiger partial charge on any atom is -0.394 e. The number of aromatic nitrogens is 8. The largest absolute Gasteiger partial charge is 0.394 e. The van der Waals surface area contributed by atoms with E-state index in [-0.39, 0.29) is 0 Å². The van der Waals surface area contributed by atoms with E-state index in [2.05, 4.69) is 40.5 Å². The van der Waals surface area contributed by atoms with E-state index in [9.17, 15) is 30.6 Å². The summed E-state index contributed by atoms with van der Waals surface area (Å²) in [5.74, 6) is 1.18. The highest BCUT2D eigenvalue weighted by molar-refractivity contribution is 5.83. The number of aliphatic hydroxyl groups is 6. The van der Waals surface area contributed by atoms with E-state index in [1.807, 2.05) is 0 Å². The molecule has 8 atom stereocenters. The van der Waals surface area contributed by atoms with Gasteiger partial charge in [-0.05, 0) is 12.8 Å². The molecule has 6 rings (SSSR count). The van der Waals surface area contributed by atoms with Gasteiger partial charge in [0.25, 0.3) is 0 Å². The lowest BCUT2D eigenvalue weighted by molar-refractivity contribution is -0.0511. The van der Waals surface area contributed by atoms with E-state index in [4.69, 9.17) is 9.47 Å². The minimum atomic E-state index is -1.22. The molecule has 4 aromatic heterocycles. The number of rotatable bonds is 17. The van der Waals surface area contributed by atoms with Crippen LogP contribution in [0.5, 0.6) is 0 Å². The van der Waals surface area contributed by atoms with Crippen molar-refractivity contribution >= 4 is 34.0 Å². The normalized spacial score (nSPS) is 27.4. The molecule has 0 amide bonds. The lowest BCUT2D eigenvalue weighted by atomic mass is 10.1. The molecular weight excluding hydrogens is 628 g/mol. The van der Waals surface area contributed by atoms with Crippen molar-refractivity contribution in [3.63, 3.8) is 0 Å². The Bertz CT molecular complexity index is 1510. The summed E-state index contributed by atoms with van der Waals surface area (Å²) in [4.78, 5) is 26.0. The second kappa shape index (κ2) is 15.7. The maximum atomic E-state index is 10.4. The summed E-state index contributed by atoms with van der Waals surface area (Å²) in [7, 11) is 0. The first kappa shape index (κ1) is 34.3. The molecule has 0 spiro atoms. The molecule has 18 nitrogen and oxygen atoms in total. The molecule has 2 fully saturated rings. The average Bonchev–Trinajstić information content (AvgIpc) is 3.86. The van der Waals surface area contributed by atoms with Gasteiger partial charge in [-0.1, -0.05) is 38.5 Å². The molecule has 2 saturated heterocycles. The molecule has 0 aromatic carbocycles. The average molecular weight is 673 g/mol. The van der Waals surface area contributed by atoms with Gasteiger partial charge in [-0.15, -0.1) is 0 Å². The molecule has 8 N–H and O–H groups in total. The van der Waals surface area contributed by atoms with Crippen molar-refractivity contribution in [3.05, 3.63) is 25.3 Å². The van der Waals surface area contributed by atoms with Gasteiger partial charge in [-0.3, -0.25) is 9.13 Å². The van der Waals surface area contributed by atoms with E-state index >= 15 is 0 Å². The Balaban J connectivity index is 0.855. The molecule has 262 valence electrons. The van der Waals surface area contributed by atoms with Crippen molar-refractivity contribution in [2.75, 3.05) is 36.9 Å². The van der Waals surface area contributed by atoms with Crippen LogP contribution in [-0.4, -0.2) is 133 Å². The highest BCUT2D eigenvalue weighted by atomic mass is 16.6. The third-order valence-electron chi connectivity index (χ3n) is 8.99. The van der Waals surface area contributed by atoms with Gasteiger partial charge >= 0.3 is 0 Å². The van der Waals surface area contributed by atoms with E-state index < -0.39 is 62.3 Å². The number of nitrogens with one attached hydrogen (secondary N) is 2. The van der Waals surface area contributed by atoms with Crippen LogP contribution in [0.25, 0.3) is 22.3 Å². The minimum absolute atomic E-state index is 0.406. The van der Waals surface area contributed by atoms with Gasteiger partial charge < -0.3 is 50.7 Å². The molecule has 18 heteroatoms. The monoisotopic (exact) mass is 672 g/mol. The molecule has 4 aromatic rings. The van der Waals surface area contributed by atoms with Crippen LogP contribution in [0.2, 0.25) is 0 Å². The van der Waals surface area contributed by atoms with Crippen LogP contribution in [0.4, 0.5) is 11.6 Å². The van der Waals surface area contributed by atoms with Gasteiger partial charge in [0.2, 0.25) is 0 Å². The number of anilines is 2. The summed E-state index contributed by atoms with van der Waals surface area (Å²) in [6.45, 7) is 0.645. The van der Waals surface area contributed by atoms with Crippen LogP contribution in [0.1, 0.15) is 63.8 Å². The maximum absolute atomic E-state index is 10.4. The predicted octanol–water partition coefficient (Wildman–Crippen LogP) is -0.166. The van der Waals surface area contributed by atoms with Crippen molar-refractivity contribution in [2.45, 2.75) is 100 Å². The molecule has 2 aliphatic heterocycles. The number of hydrogen-bond donors (Lipinski definition) is 8. The second-order valence-electron chi connectivity index (χ2n) is 12.2. The van der Waals surface area contributed by atoms with Crippen molar-refractivity contribution in [2.24, 2.45) is 0 Å². The first-order valence-electron chi connectivity index (χ1n) is 16.5. The number of aliphatic hydroxyl groups excluding tert-OH is 6. The van der Waals surface area contributed by atoms with Gasteiger partial charge in [0.15, 0.2) is 46.4 Å². The SMILES string of the molecule is OC[C@H]1O[C@@H](n2cnc3c(NCCCCCCCCCCNc4ncnc5c4ncn5[C@@H]4O[C@H](CO)[C@@H](O)[C@H]4O)ncnc32)[C@H](O)[C@@H]1O. The first-order chi connectivity index (χ1) is 23.4. The topological polar surface area (TPSA) is 251 Å². The van der Waals surface area contributed by atoms with Crippen molar-refractivity contribution in [3.8, 4) is 0 Å². The Morgan fingerprint density at radius 2 is 0.938 bits per heavy atom. The number of fused-ring (bicyclic) bond motifs is 2. The molecule has 0 aliphatic carbocycles. The zero-order chi connectivity index (χ0) is 33.6. The molecule has 48 heavy (non-hydrogen) atoms. The number of ether oxygens (including phenoxy) is 2. The van der Waals surface area contributed by atoms with Gasteiger partial charge in [-0.2, -0.15) is 0 Å². The Labute approximate surface area is 275 Å². The number of unbranched alkanes of at least 4 members (excludes halogenated alkanes) is 7. The molecular formula is C30H44N10O8. The Kier molecular flexibility index (Phi) is 11.2. The molecule has 0 radical (unpaired) electrons. The standard InChI is InChI=1S/C30H44N10O8/c41-11-17-21(43)23(45)29(47-17)39-15-37-19-25(33-13-35-27(19)39)31-9-7-5-3-1-2-4-6-8-10-32-26-20-28(36-14-34-26)40(16-38-20)30-24(46)22(44)18(12-42)48-30/h13-18,21-24,29-30,41-46H,1-12H2,(H,31,33,35)(H,32,34,36)/t17-,18-,21-,22-,23-,24-,29-,30-/m1/s1. The molecule has 0 unspecified atom stereocenters. The lowest BCUT2D eigenvalue weighted by Crippen LogP contribution is -2.33. The smallest absolute Gasteiger partial charge is 0.167 e. The van der Waals surface area contributed by atoms with Gasteiger partial charge in [0.05, 0.1) is 25.9 Å². The summed E-state index contributed by atoms with van der Waals surface area (Å²) in [6.07, 6.45) is 6.10. The van der Waals surface area contributed by atoms with Crippen molar-refractivity contribution < 1.29 is 40.1 Å². The van der Waals surface area contributed by atoms with E-state index in [0.717, 1.165) is 64.5 Å². The number of imidazole rings is 2. The van der Waals surface area contributed by atoms with Crippen LogP contribution in [-0.2, 0) is 9.47 Å². The zero-order valence-corrected chi connectivity index (χ0v) is 26.5. The van der Waals surface area contributed by atoms with Crippen LogP contribution in [0, 0.1) is 0 Å². The third-order valence-corrected chi connectivity index (χ3v) is 8.99. The summed E-state index contributed by atoms with van der Waals surface area (Å²) < 4.78 is 14.3. The fraction of sp³-hybridized carbons (Fsp3) is 0.667. The summed E-state index contributed by atoms with van der Waals surface area (Å²) in [5.41, 5.74) is 2.01. The second-order valence-corrected chi connectivity index (χ2v) is 12.2. The summed E-state index contributed by atoms with van der Waals surface area (Å²) >= 11 is 0. The fourth-order valence-corrected chi connectivity index (χ4v) is 6.28. The zero-order valence-electron chi connectivity index (χ0n) is 26.5. The number of nitrogens with zero attached hydrogens (tertiary/aromatic N) is 8. The molecule has 2 aliphatic rings. The van der Waals surface area contributed by atoms with Gasteiger partial charge in [0, 0.05) is 13.1 Å². The van der Waals surface area contributed by atoms with E-state index in [1.54, 1.807) is 9.13 Å². The Morgan fingerprint density at radius 1 is 0.542 bits per heavy atom. The van der Waals surface area contributed by atoms with Crippen molar-refractivity contribution in [1.82, 2.24) is 39.0 Å². The van der Waals surface area contributed by atoms with Gasteiger partial charge in [-0.25, -0.2) is 29.9 Å². The number of hydrogen-bond acceptors (Lipinski definition) is 16. The molecule has 0 saturated carbocycles. The van der Waals surface area contributed by atoms with E-state index in [0.29, 0.717) is 34.0 Å². The Hall–Kier alpha value is -3.62. The fourth-order valence-electron chi connectivity index (χ4n) is 6.28. The highest BCUT2D eigenvalue weighted by Gasteiger charge is 2.45. The van der Waals surface area contributed by atoms with Crippen LogP contribution in [0.15, 0.2) is 25.3 Å². The Morgan fingerprint density at radius 3 is 1.31 bits per heavy atom. The first-order valence-corrected chi connectivity index (χ1v) is 16.5. The maximum Gasteiger partial charge on any atom is 0.167 e. The third kappa shape index (κ3) is 7.06.